The van der Waals surface area contributed by atoms with Gasteiger partial charge in [-0.1, -0.05) is 6.92 Å². The van der Waals surface area contributed by atoms with Crippen molar-refractivity contribution in [2.45, 2.75) is 26.3 Å². The molecule has 0 bridgehead atoms. The highest BCUT2D eigenvalue weighted by atomic mass is 16.5. The summed E-state index contributed by atoms with van der Waals surface area (Å²) in [4.78, 5) is 32.5. The number of carboxylic acids is 1. The summed E-state index contributed by atoms with van der Waals surface area (Å²) in [5, 5.41) is 19.5. The number of nitrogens with one attached hydrogen (secondary N) is 1. The summed E-state index contributed by atoms with van der Waals surface area (Å²) >= 11 is 0. The van der Waals surface area contributed by atoms with Gasteiger partial charge in [0, 0.05) is 19.3 Å². The summed E-state index contributed by atoms with van der Waals surface area (Å²) in [5.41, 5.74) is 0. The molecule has 0 aromatic rings. The number of nitrogens with zero attached hydrogens (tertiary/aromatic N) is 1. The minimum Gasteiger partial charge on any atom is -0.480 e. The third-order valence-electron chi connectivity index (χ3n) is 1.97. The van der Waals surface area contributed by atoms with Crippen molar-refractivity contribution in [2.24, 2.45) is 5.92 Å². The molecule has 0 aromatic heterocycles. The third-order valence-corrected chi connectivity index (χ3v) is 1.97. The van der Waals surface area contributed by atoms with E-state index in [2.05, 4.69) is 10.1 Å². The molecule has 0 spiro atoms. The molecule has 0 aliphatic carbocycles. The summed E-state index contributed by atoms with van der Waals surface area (Å²) < 4.78 is 4.42. The van der Waals surface area contributed by atoms with Crippen LogP contribution in [0.2, 0.25) is 0 Å². The van der Waals surface area contributed by atoms with Crippen LogP contribution >= 0.6 is 0 Å². The van der Waals surface area contributed by atoms with Crippen LogP contribution in [0, 0.1) is 17.2 Å². The Labute approximate surface area is 98.4 Å². The molecule has 17 heavy (non-hydrogen) atoms. The maximum Gasteiger partial charge on any atom is 0.326 e. The highest BCUT2D eigenvalue weighted by Gasteiger charge is 2.26. The van der Waals surface area contributed by atoms with Crippen LogP contribution in [0.3, 0.4) is 0 Å². The van der Waals surface area contributed by atoms with E-state index in [1.165, 1.54) is 6.92 Å². The molecule has 94 valence electrons. The lowest BCUT2D eigenvalue weighted by Gasteiger charge is -2.18. The van der Waals surface area contributed by atoms with Crippen molar-refractivity contribution in [1.29, 1.82) is 5.26 Å². The Kier molecular flexibility index (Phi) is 6.33. The Bertz CT molecular complexity index is 347. The number of ether oxygens (including phenoxy) is 1. The van der Waals surface area contributed by atoms with E-state index >= 15 is 0 Å². The van der Waals surface area contributed by atoms with Gasteiger partial charge in [0.05, 0.1) is 6.07 Å². The normalized spacial score (nSPS) is 13.0. The number of nitriles is 1. The van der Waals surface area contributed by atoms with E-state index in [0.29, 0.717) is 0 Å². The highest BCUT2D eigenvalue weighted by molar-refractivity contribution is 5.85. The van der Waals surface area contributed by atoms with Crippen molar-refractivity contribution in [1.82, 2.24) is 5.32 Å². The average Bonchev–Trinajstić information content (AvgIpc) is 2.22. The number of aliphatic carboxylic acids is 1. The van der Waals surface area contributed by atoms with Gasteiger partial charge in [0.15, 0.2) is 6.61 Å². The molecule has 0 aliphatic rings. The maximum absolute atomic E-state index is 11.2. The number of amides is 1. The quantitative estimate of drug-likeness (QED) is 0.616. The second-order valence-corrected chi connectivity index (χ2v) is 3.50. The molecule has 0 saturated heterocycles. The molecule has 0 unspecified atom stereocenters. The molecule has 0 rings (SSSR count). The second-order valence-electron chi connectivity index (χ2n) is 3.50. The Balaban J connectivity index is 4.35. The van der Waals surface area contributed by atoms with Crippen LogP contribution in [0.25, 0.3) is 0 Å². The fourth-order valence-corrected chi connectivity index (χ4v) is 1.09. The first-order valence-corrected chi connectivity index (χ1v) is 4.91. The van der Waals surface area contributed by atoms with Gasteiger partial charge in [-0.2, -0.15) is 5.26 Å². The molecule has 0 heterocycles. The Morgan fingerprint density at radius 3 is 2.47 bits per heavy atom. The van der Waals surface area contributed by atoms with Crippen LogP contribution < -0.4 is 5.32 Å². The molecule has 2 atom stereocenters. The van der Waals surface area contributed by atoms with E-state index in [1.54, 1.807) is 0 Å². The molecule has 7 heteroatoms. The van der Waals surface area contributed by atoms with Crippen molar-refractivity contribution < 1.29 is 24.2 Å². The van der Waals surface area contributed by atoms with Gasteiger partial charge < -0.3 is 15.2 Å². The maximum atomic E-state index is 11.2. The predicted octanol–water partition coefficient (Wildman–Crippen LogP) is -0.331. The molecule has 0 aliphatic heterocycles. The van der Waals surface area contributed by atoms with Crippen molar-refractivity contribution in [3.8, 4) is 6.07 Å². The highest BCUT2D eigenvalue weighted by Crippen LogP contribution is 2.07. The average molecular weight is 242 g/mol. The first kappa shape index (κ1) is 14.9. The van der Waals surface area contributed by atoms with E-state index in [4.69, 9.17) is 10.4 Å². The van der Waals surface area contributed by atoms with Crippen LogP contribution in [0.5, 0.6) is 0 Å². The molecule has 0 aromatic carbocycles. The van der Waals surface area contributed by atoms with Crippen molar-refractivity contribution in [2.75, 3.05) is 6.61 Å². The van der Waals surface area contributed by atoms with Crippen molar-refractivity contribution in [3.05, 3.63) is 0 Å². The van der Waals surface area contributed by atoms with Gasteiger partial charge in [0.2, 0.25) is 0 Å². The van der Waals surface area contributed by atoms with Gasteiger partial charge in [-0.3, -0.25) is 9.59 Å². The molecule has 1 amide bonds. The standard InChI is InChI=1S/C10H14N2O5/c1-6(3-4-11)9(10(15)16)12-8(14)5-17-7(2)13/h6,9H,3,5H2,1-2H3,(H,12,14)(H,15,16)/t6-,9-/m0/s1. The van der Waals surface area contributed by atoms with Gasteiger partial charge in [-0.15, -0.1) is 0 Å². The molecule has 7 nitrogen and oxygen atoms in total. The van der Waals surface area contributed by atoms with E-state index in [0.717, 1.165) is 6.92 Å². The van der Waals surface area contributed by atoms with Crippen LogP contribution in [-0.4, -0.2) is 35.6 Å². The van der Waals surface area contributed by atoms with E-state index in [9.17, 15) is 14.4 Å². The number of carbonyl (C=O) groups is 3. The van der Waals surface area contributed by atoms with E-state index in [-0.39, 0.29) is 6.42 Å². The van der Waals surface area contributed by atoms with E-state index < -0.39 is 36.4 Å². The molecule has 2 N–H and O–H groups in total. The lowest BCUT2D eigenvalue weighted by atomic mass is 9.99. The van der Waals surface area contributed by atoms with Gasteiger partial charge in [0.25, 0.3) is 5.91 Å². The van der Waals surface area contributed by atoms with Crippen LogP contribution in [0.15, 0.2) is 0 Å². The van der Waals surface area contributed by atoms with Crippen LogP contribution in [-0.2, 0) is 19.1 Å². The van der Waals surface area contributed by atoms with Crippen LogP contribution in [0.1, 0.15) is 20.3 Å². The van der Waals surface area contributed by atoms with Crippen molar-refractivity contribution >= 4 is 17.8 Å². The minimum absolute atomic E-state index is 0.00477. The van der Waals surface area contributed by atoms with Crippen LogP contribution in [0.4, 0.5) is 0 Å². The lowest BCUT2D eigenvalue weighted by molar-refractivity contribution is -0.148. The largest absolute Gasteiger partial charge is 0.480 e. The predicted molar refractivity (Wildman–Crippen MR) is 55.6 cm³/mol. The zero-order valence-corrected chi connectivity index (χ0v) is 9.60. The number of esters is 1. The fourth-order valence-electron chi connectivity index (χ4n) is 1.09. The number of carbonyl (C=O) groups excluding carboxylic acids is 2. The molecule has 0 saturated carbocycles. The van der Waals surface area contributed by atoms with Gasteiger partial charge in [0.1, 0.15) is 6.04 Å². The zero-order chi connectivity index (χ0) is 13.4. The summed E-state index contributed by atoms with van der Waals surface area (Å²) in [6, 6.07) is 0.658. The molecule has 0 fully saturated rings. The minimum atomic E-state index is -1.23. The molecular formula is C10H14N2O5. The van der Waals surface area contributed by atoms with Gasteiger partial charge in [-0.25, -0.2) is 4.79 Å². The number of rotatable bonds is 6. The first-order chi connectivity index (χ1) is 7.88. The van der Waals surface area contributed by atoms with Gasteiger partial charge >= 0.3 is 11.9 Å². The smallest absolute Gasteiger partial charge is 0.326 e. The Morgan fingerprint density at radius 1 is 1.47 bits per heavy atom. The Morgan fingerprint density at radius 2 is 2.06 bits per heavy atom. The summed E-state index contributed by atoms with van der Waals surface area (Å²) in [7, 11) is 0. The SMILES string of the molecule is CC(=O)OCC(=O)N[C@H](C(=O)O)[C@@H](C)CC#N. The third kappa shape index (κ3) is 6.14. The zero-order valence-electron chi connectivity index (χ0n) is 9.60. The number of hydrogen-bond acceptors (Lipinski definition) is 5. The van der Waals surface area contributed by atoms with Gasteiger partial charge in [-0.05, 0) is 0 Å². The molecule has 0 radical (unpaired) electrons. The van der Waals surface area contributed by atoms with Crippen molar-refractivity contribution in [3.63, 3.8) is 0 Å². The summed E-state index contributed by atoms with van der Waals surface area (Å²) in [6.45, 7) is 2.15. The topological polar surface area (TPSA) is 116 Å². The monoisotopic (exact) mass is 242 g/mol. The fraction of sp³-hybridized carbons (Fsp3) is 0.600. The lowest BCUT2D eigenvalue weighted by Crippen LogP contribution is -2.46. The number of carboxylic acid groups (broad SMARTS) is 1. The number of hydrogen-bond donors (Lipinski definition) is 2. The first-order valence-electron chi connectivity index (χ1n) is 4.91. The summed E-state index contributed by atoms with van der Waals surface area (Å²) in [5.74, 6) is -3.10. The Hall–Kier alpha value is -2.10. The molecular weight excluding hydrogens is 228 g/mol. The van der Waals surface area contributed by atoms with E-state index in [1.807, 2.05) is 6.07 Å². The second kappa shape index (κ2) is 7.22. The summed E-state index contributed by atoms with van der Waals surface area (Å²) in [6.07, 6.45) is 0.00477.